The molecule has 0 spiro atoms. The molecule has 5 nitrogen and oxygen atoms in total. The van der Waals surface area contributed by atoms with Crippen LogP contribution in [-0.2, 0) is 9.53 Å². The Kier molecular flexibility index (Phi) is 6.02. The van der Waals surface area contributed by atoms with Crippen LogP contribution in [0.3, 0.4) is 0 Å². The normalized spacial score (nSPS) is 10.2. The van der Waals surface area contributed by atoms with Crippen molar-refractivity contribution in [3.05, 3.63) is 29.3 Å². The summed E-state index contributed by atoms with van der Waals surface area (Å²) in [5, 5.41) is 11.6. The van der Waals surface area contributed by atoms with Crippen LogP contribution in [0.15, 0.2) is 18.2 Å². The molecule has 0 atom stereocenters. The van der Waals surface area contributed by atoms with E-state index >= 15 is 0 Å². The number of anilines is 1. The van der Waals surface area contributed by atoms with Crippen LogP contribution in [-0.4, -0.2) is 30.2 Å². The number of carboxylic acids is 1. The van der Waals surface area contributed by atoms with Crippen molar-refractivity contribution in [2.24, 2.45) is 0 Å². The maximum atomic E-state index is 11.6. The van der Waals surface area contributed by atoms with Gasteiger partial charge in [0.05, 0.1) is 5.56 Å². The van der Waals surface area contributed by atoms with Gasteiger partial charge >= 0.3 is 5.97 Å². The second-order valence-corrected chi connectivity index (χ2v) is 4.29. The van der Waals surface area contributed by atoms with Gasteiger partial charge in [-0.05, 0) is 37.1 Å². The lowest BCUT2D eigenvalue weighted by molar-refractivity contribution is -0.120. The van der Waals surface area contributed by atoms with E-state index in [9.17, 15) is 9.59 Å². The fourth-order valence-electron chi connectivity index (χ4n) is 1.59. The third-order valence-corrected chi connectivity index (χ3v) is 2.62. The van der Waals surface area contributed by atoms with E-state index in [2.05, 4.69) is 12.2 Å². The molecule has 104 valence electrons. The zero-order valence-corrected chi connectivity index (χ0v) is 11.2. The first-order valence-electron chi connectivity index (χ1n) is 6.26. The molecule has 1 amide bonds. The molecule has 1 aromatic rings. The lowest BCUT2D eigenvalue weighted by Gasteiger charge is -2.08. The molecule has 2 N–H and O–H groups in total. The molecule has 0 aliphatic rings. The summed E-state index contributed by atoms with van der Waals surface area (Å²) in [6.07, 6.45) is 1.96. The minimum atomic E-state index is -0.974. The van der Waals surface area contributed by atoms with Crippen LogP contribution >= 0.6 is 0 Å². The predicted octanol–water partition coefficient (Wildman–Crippen LogP) is 2.45. The Labute approximate surface area is 112 Å². The van der Waals surface area contributed by atoms with Crippen LogP contribution in [0.2, 0.25) is 0 Å². The van der Waals surface area contributed by atoms with Crippen molar-refractivity contribution in [3.8, 4) is 0 Å². The number of hydrogen-bond acceptors (Lipinski definition) is 3. The Morgan fingerprint density at radius 2 is 2.11 bits per heavy atom. The number of amides is 1. The van der Waals surface area contributed by atoms with E-state index in [1.54, 1.807) is 19.1 Å². The van der Waals surface area contributed by atoms with Gasteiger partial charge in [0.25, 0.3) is 0 Å². The molecule has 0 bridgehead atoms. The molecule has 1 rings (SSSR count). The van der Waals surface area contributed by atoms with E-state index in [0.717, 1.165) is 12.8 Å². The molecule has 1 aromatic carbocycles. The molecule has 0 heterocycles. The standard InChI is InChI=1S/C14H19NO4/c1-3-4-7-19-9-13(16)15-11-5-6-12(14(17)18)10(2)8-11/h5-6,8H,3-4,7,9H2,1-2H3,(H,15,16)(H,17,18). The van der Waals surface area contributed by atoms with Crippen LogP contribution < -0.4 is 5.32 Å². The zero-order valence-electron chi connectivity index (χ0n) is 11.2. The molecule has 19 heavy (non-hydrogen) atoms. The van der Waals surface area contributed by atoms with Crippen molar-refractivity contribution < 1.29 is 19.4 Å². The van der Waals surface area contributed by atoms with Crippen molar-refractivity contribution in [1.82, 2.24) is 0 Å². The van der Waals surface area contributed by atoms with Gasteiger partial charge in [-0.1, -0.05) is 13.3 Å². The monoisotopic (exact) mass is 265 g/mol. The van der Waals surface area contributed by atoms with Crippen molar-refractivity contribution in [3.63, 3.8) is 0 Å². The highest BCUT2D eigenvalue weighted by Crippen LogP contribution is 2.15. The first-order chi connectivity index (χ1) is 9.04. The van der Waals surface area contributed by atoms with Gasteiger partial charge in [0.15, 0.2) is 0 Å². The number of aryl methyl sites for hydroxylation is 1. The first kappa shape index (κ1) is 15.2. The third-order valence-electron chi connectivity index (χ3n) is 2.62. The molecular weight excluding hydrogens is 246 g/mol. The maximum Gasteiger partial charge on any atom is 0.335 e. The largest absolute Gasteiger partial charge is 0.478 e. The summed E-state index contributed by atoms with van der Waals surface area (Å²) >= 11 is 0. The third kappa shape index (κ3) is 5.09. The first-order valence-corrected chi connectivity index (χ1v) is 6.26. The van der Waals surface area contributed by atoms with Gasteiger partial charge in [-0.15, -0.1) is 0 Å². The number of hydrogen-bond donors (Lipinski definition) is 2. The maximum absolute atomic E-state index is 11.6. The number of carbonyl (C=O) groups is 2. The van der Waals surface area contributed by atoms with E-state index < -0.39 is 5.97 Å². The Bertz CT molecular complexity index is 457. The minimum absolute atomic E-state index is 0.0136. The molecule has 0 aliphatic carbocycles. The van der Waals surface area contributed by atoms with Gasteiger partial charge in [0.1, 0.15) is 6.61 Å². The fraction of sp³-hybridized carbons (Fsp3) is 0.429. The Morgan fingerprint density at radius 3 is 2.68 bits per heavy atom. The Morgan fingerprint density at radius 1 is 1.37 bits per heavy atom. The highest BCUT2D eigenvalue weighted by Gasteiger charge is 2.08. The summed E-state index contributed by atoms with van der Waals surface area (Å²) in [4.78, 5) is 22.4. The molecule has 0 saturated heterocycles. The van der Waals surface area contributed by atoms with Crippen LogP contribution in [0, 0.1) is 6.92 Å². The van der Waals surface area contributed by atoms with E-state index in [4.69, 9.17) is 9.84 Å². The number of carbonyl (C=O) groups excluding carboxylic acids is 1. The highest BCUT2D eigenvalue weighted by atomic mass is 16.5. The molecular formula is C14H19NO4. The second-order valence-electron chi connectivity index (χ2n) is 4.29. The molecule has 5 heteroatoms. The van der Waals surface area contributed by atoms with Crippen LogP contribution in [0.4, 0.5) is 5.69 Å². The molecule has 0 unspecified atom stereocenters. The van der Waals surface area contributed by atoms with Gasteiger partial charge in [0.2, 0.25) is 5.91 Å². The SMILES string of the molecule is CCCCOCC(=O)Nc1ccc(C(=O)O)c(C)c1. The molecule has 0 aliphatic heterocycles. The van der Waals surface area contributed by atoms with Gasteiger partial charge in [-0.25, -0.2) is 4.79 Å². The summed E-state index contributed by atoms with van der Waals surface area (Å²) in [5.41, 5.74) is 1.42. The van der Waals surface area contributed by atoms with Crippen molar-refractivity contribution in [1.29, 1.82) is 0 Å². The number of rotatable bonds is 7. The number of ether oxygens (including phenoxy) is 1. The smallest absolute Gasteiger partial charge is 0.335 e. The number of nitrogens with one attached hydrogen (secondary N) is 1. The lowest BCUT2D eigenvalue weighted by Crippen LogP contribution is -2.18. The number of carboxylic acid groups (broad SMARTS) is 1. The fourth-order valence-corrected chi connectivity index (χ4v) is 1.59. The van der Waals surface area contributed by atoms with Gasteiger partial charge < -0.3 is 15.2 Å². The Hall–Kier alpha value is -1.88. The van der Waals surface area contributed by atoms with Crippen molar-refractivity contribution in [2.75, 3.05) is 18.5 Å². The topological polar surface area (TPSA) is 75.6 Å². The number of unbranched alkanes of at least 4 members (excludes halogenated alkanes) is 1. The Balaban J connectivity index is 2.51. The van der Waals surface area contributed by atoms with Gasteiger partial charge in [0, 0.05) is 12.3 Å². The second kappa shape index (κ2) is 7.53. The van der Waals surface area contributed by atoms with Gasteiger partial charge in [-0.3, -0.25) is 4.79 Å². The molecule has 0 aromatic heterocycles. The summed E-state index contributed by atoms with van der Waals surface area (Å²) < 4.78 is 5.19. The van der Waals surface area contributed by atoms with Crippen LogP contribution in [0.25, 0.3) is 0 Å². The number of benzene rings is 1. The lowest BCUT2D eigenvalue weighted by atomic mass is 10.1. The van der Waals surface area contributed by atoms with E-state index in [1.165, 1.54) is 6.07 Å². The van der Waals surface area contributed by atoms with E-state index in [0.29, 0.717) is 17.9 Å². The highest BCUT2D eigenvalue weighted by molar-refractivity contribution is 5.94. The summed E-state index contributed by atoms with van der Waals surface area (Å²) in [5.74, 6) is -1.21. The summed E-state index contributed by atoms with van der Waals surface area (Å²) in [6, 6.07) is 4.68. The summed E-state index contributed by atoms with van der Waals surface area (Å²) in [7, 11) is 0. The summed E-state index contributed by atoms with van der Waals surface area (Å²) in [6.45, 7) is 4.33. The van der Waals surface area contributed by atoms with Crippen LogP contribution in [0.5, 0.6) is 0 Å². The van der Waals surface area contributed by atoms with Crippen molar-refractivity contribution >= 4 is 17.6 Å². The minimum Gasteiger partial charge on any atom is -0.478 e. The van der Waals surface area contributed by atoms with Crippen molar-refractivity contribution in [2.45, 2.75) is 26.7 Å². The average Bonchev–Trinajstić information content (AvgIpc) is 2.34. The molecule has 0 radical (unpaired) electrons. The molecule has 0 saturated carbocycles. The quantitative estimate of drug-likeness (QED) is 0.742. The number of aromatic carboxylic acids is 1. The van der Waals surface area contributed by atoms with E-state index in [-0.39, 0.29) is 18.1 Å². The van der Waals surface area contributed by atoms with Crippen LogP contribution in [0.1, 0.15) is 35.7 Å². The molecule has 0 fully saturated rings. The predicted molar refractivity (Wildman–Crippen MR) is 72.5 cm³/mol. The van der Waals surface area contributed by atoms with Gasteiger partial charge in [-0.2, -0.15) is 0 Å². The van der Waals surface area contributed by atoms with E-state index in [1.807, 2.05) is 0 Å². The zero-order chi connectivity index (χ0) is 14.3. The average molecular weight is 265 g/mol.